The fourth-order valence-corrected chi connectivity index (χ4v) is 4.98. The SMILES string of the molecule is O=C(NCc1ccccc1)c1ccc2c(c1)N(Cc1cccc(F)c1)C(=O)c1ccccc1S2. The van der Waals surface area contributed by atoms with Crippen molar-refractivity contribution >= 4 is 29.3 Å². The Morgan fingerprint density at radius 2 is 1.59 bits per heavy atom. The van der Waals surface area contributed by atoms with Crippen LogP contribution in [0.3, 0.4) is 0 Å². The van der Waals surface area contributed by atoms with Crippen molar-refractivity contribution in [2.24, 2.45) is 0 Å². The van der Waals surface area contributed by atoms with Gasteiger partial charge in [-0.05, 0) is 53.6 Å². The third kappa shape index (κ3) is 4.58. The van der Waals surface area contributed by atoms with Gasteiger partial charge < -0.3 is 10.2 Å². The van der Waals surface area contributed by atoms with Crippen LogP contribution in [-0.2, 0) is 13.1 Å². The first-order valence-corrected chi connectivity index (χ1v) is 11.7. The molecule has 2 amide bonds. The molecule has 0 atom stereocenters. The number of nitrogens with one attached hydrogen (secondary N) is 1. The molecule has 4 aromatic rings. The number of hydrogen-bond donors (Lipinski definition) is 1. The van der Waals surface area contributed by atoms with E-state index in [4.69, 9.17) is 0 Å². The van der Waals surface area contributed by atoms with Crippen molar-refractivity contribution in [3.8, 4) is 0 Å². The van der Waals surface area contributed by atoms with Gasteiger partial charge in [-0.15, -0.1) is 0 Å². The Labute approximate surface area is 201 Å². The Morgan fingerprint density at radius 3 is 2.41 bits per heavy atom. The summed E-state index contributed by atoms with van der Waals surface area (Å²) in [4.78, 5) is 29.8. The first-order valence-electron chi connectivity index (χ1n) is 10.9. The van der Waals surface area contributed by atoms with Crippen molar-refractivity contribution in [3.63, 3.8) is 0 Å². The molecule has 1 N–H and O–H groups in total. The number of fused-ring (bicyclic) bond motifs is 2. The normalized spacial score (nSPS) is 12.5. The summed E-state index contributed by atoms with van der Waals surface area (Å²) in [5, 5.41) is 2.94. The lowest BCUT2D eigenvalue weighted by Crippen LogP contribution is -2.31. The lowest BCUT2D eigenvalue weighted by Gasteiger charge is -2.24. The van der Waals surface area contributed by atoms with E-state index in [1.54, 1.807) is 35.2 Å². The molecule has 0 bridgehead atoms. The van der Waals surface area contributed by atoms with Crippen molar-refractivity contribution in [1.82, 2.24) is 5.32 Å². The second-order valence-corrected chi connectivity index (χ2v) is 9.05. The van der Waals surface area contributed by atoms with Crippen molar-refractivity contribution in [2.75, 3.05) is 4.90 Å². The lowest BCUT2D eigenvalue weighted by atomic mass is 10.1. The van der Waals surface area contributed by atoms with Crippen LogP contribution >= 0.6 is 11.8 Å². The summed E-state index contributed by atoms with van der Waals surface area (Å²) >= 11 is 1.49. The van der Waals surface area contributed by atoms with Gasteiger partial charge in [-0.25, -0.2) is 4.39 Å². The number of hydrogen-bond acceptors (Lipinski definition) is 3. The molecule has 0 aliphatic carbocycles. The highest BCUT2D eigenvalue weighted by atomic mass is 32.2. The molecule has 1 aliphatic heterocycles. The summed E-state index contributed by atoms with van der Waals surface area (Å²) in [5.41, 5.74) is 3.33. The van der Waals surface area contributed by atoms with E-state index in [1.807, 2.05) is 54.6 Å². The molecular formula is C28H21FN2O2S. The molecule has 0 saturated carbocycles. The van der Waals surface area contributed by atoms with Crippen LogP contribution in [0.5, 0.6) is 0 Å². The number of halogens is 1. The van der Waals surface area contributed by atoms with Gasteiger partial charge in [-0.2, -0.15) is 0 Å². The van der Waals surface area contributed by atoms with Crippen LogP contribution in [0, 0.1) is 5.82 Å². The van der Waals surface area contributed by atoms with Gasteiger partial charge in [-0.3, -0.25) is 9.59 Å². The molecule has 0 aromatic heterocycles. The zero-order chi connectivity index (χ0) is 23.5. The molecule has 0 spiro atoms. The van der Waals surface area contributed by atoms with Gasteiger partial charge in [0.1, 0.15) is 5.82 Å². The quantitative estimate of drug-likeness (QED) is 0.387. The standard InChI is InChI=1S/C28H21FN2O2S/c29-22-10-6-9-20(15-22)18-31-24-16-21(27(32)30-17-19-7-2-1-3-8-19)13-14-26(24)34-25-12-5-4-11-23(25)28(31)33/h1-16H,17-18H2,(H,30,32). The van der Waals surface area contributed by atoms with E-state index in [-0.39, 0.29) is 24.2 Å². The number of rotatable bonds is 5. The minimum Gasteiger partial charge on any atom is -0.348 e. The third-order valence-electron chi connectivity index (χ3n) is 5.62. The number of benzene rings is 4. The number of anilines is 1. The van der Waals surface area contributed by atoms with Gasteiger partial charge in [0.15, 0.2) is 0 Å². The minimum atomic E-state index is -0.358. The average Bonchev–Trinajstić information content (AvgIpc) is 2.97. The second-order valence-electron chi connectivity index (χ2n) is 7.97. The highest BCUT2D eigenvalue weighted by molar-refractivity contribution is 7.99. The fraction of sp³-hybridized carbons (Fsp3) is 0.0714. The number of amides is 2. The zero-order valence-corrected chi connectivity index (χ0v) is 19.0. The largest absolute Gasteiger partial charge is 0.348 e. The molecule has 1 heterocycles. The monoisotopic (exact) mass is 468 g/mol. The van der Waals surface area contributed by atoms with Crippen LogP contribution in [0.25, 0.3) is 0 Å². The molecule has 4 aromatic carbocycles. The Kier molecular flexibility index (Phi) is 6.14. The maximum Gasteiger partial charge on any atom is 0.259 e. The zero-order valence-electron chi connectivity index (χ0n) is 18.2. The first-order chi connectivity index (χ1) is 16.6. The van der Waals surface area contributed by atoms with Crippen LogP contribution in [0.15, 0.2) is 107 Å². The van der Waals surface area contributed by atoms with Gasteiger partial charge in [0.25, 0.3) is 11.8 Å². The molecular weight excluding hydrogens is 447 g/mol. The van der Waals surface area contributed by atoms with Crippen LogP contribution in [0.1, 0.15) is 31.8 Å². The van der Waals surface area contributed by atoms with Gasteiger partial charge in [-0.1, -0.05) is 66.4 Å². The van der Waals surface area contributed by atoms with E-state index in [0.29, 0.717) is 28.9 Å². The number of carbonyl (C=O) groups excluding carboxylic acids is 2. The maximum atomic E-state index is 13.9. The fourth-order valence-electron chi connectivity index (χ4n) is 3.92. The van der Waals surface area contributed by atoms with E-state index >= 15 is 0 Å². The van der Waals surface area contributed by atoms with Gasteiger partial charge in [0.2, 0.25) is 0 Å². The molecule has 0 unspecified atom stereocenters. The van der Waals surface area contributed by atoms with Crippen LogP contribution in [0.4, 0.5) is 10.1 Å². The van der Waals surface area contributed by atoms with Crippen molar-refractivity contribution in [2.45, 2.75) is 22.9 Å². The number of nitrogens with zero attached hydrogens (tertiary/aromatic N) is 1. The predicted octanol–water partition coefficient (Wildman–Crippen LogP) is 6.07. The molecule has 1 aliphatic rings. The summed E-state index contributed by atoms with van der Waals surface area (Å²) in [6.45, 7) is 0.594. The van der Waals surface area contributed by atoms with Crippen LogP contribution < -0.4 is 10.2 Å². The van der Waals surface area contributed by atoms with E-state index in [9.17, 15) is 14.0 Å². The lowest BCUT2D eigenvalue weighted by molar-refractivity contribution is 0.0947. The van der Waals surface area contributed by atoms with Crippen molar-refractivity contribution in [1.29, 1.82) is 0 Å². The molecule has 6 heteroatoms. The van der Waals surface area contributed by atoms with Crippen molar-refractivity contribution in [3.05, 3.63) is 125 Å². The molecule has 4 nitrogen and oxygen atoms in total. The average molecular weight is 469 g/mol. The second kappa shape index (κ2) is 9.53. The smallest absolute Gasteiger partial charge is 0.259 e. The summed E-state index contributed by atoms with van der Waals surface area (Å²) < 4.78 is 13.9. The highest BCUT2D eigenvalue weighted by Crippen LogP contribution is 2.42. The minimum absolute atomic E-state index is 0.187. The molecule has 0 saturated heterocycles. The first kappa shape index (κ1) is 21.9. The summed E-state index contributed by atoms with van der Waals surface area (Å²) in [6, 6.07) is 28.7. The Hall–Kier alpha value is -3.90. The third-order valence-corrected chi connectivity index (χ3v) is 6.76. The Balaban J connectivity index is 1.50. The summed E-state index contributed by atoms with van der Waals surface area (Å²) in [5.74, 6) is -0.770. The Bertz CT molecular complexity index is 1370. The number of carbonyl (C=O) groups is 2. The molecule has 0 radical (unpaired) electrons. The van der Waals surface area contributed by atoms with Crippen LogP contribution in [-0.4, -0.2) is 11.8 Å². The Morgan fingerprint density at radius 1 is 0.824 bits per heavy atom. The maximum absolute atomic E-state index is 13.9. The highest BCUT2D eigenvalue weighted by Gasteiger charge is 2.28. The molecule has 5 rings (SSSR count). The predicted molar refractivity (Wildman–Crippen MR) is 132 cm³/mol. The van der Waals surface area contributed by atoms with Gasteiger partial charge in [0.05, 0.1) is 17.8 Å². The summed E-state index contributed by atoms with van der Waals surface area (Å²) in [7, 11) is 0. The van der Waals surface area contributed by atoms with E-state index < -0.39 is 0 Å². The van der Waals surface area contributed by atoms with Crippen LogP contribution in [0.2, 0.25) is 0 Å². The van der Waals surface area contributed by atoms with Crippen molar-refractivity contribution < 1.29 is 14.0 Å². The van der Waals surface area contributed by atoms with E-state index in [2.05, 4.69) is 5.32 Å². The molecule has 0 fully saturated rings. The van der Waals surface area contributed by atoms with Gasteiger partial charge in [0, 0.05) is 21.9 Å². The topological polar surface area (TPSA) is 49.4 Å². The van der Waals surface area contributed by atoms with Gasteiger partial charge >= 0.3 is 0 Å². The van der Waals surface area contributed by atoms with E-state index in [1.165, 1.54) is 23.9 Å². The molecule has 168 valence electrons. The van der Waals surface area contributed by atoms with E-state index in [0.717, 1.165) is 15.4 Å². The molecule has 34 heavy (non-hydrogen) atoms. The summed E-state index contributed by atoms with van der Waals surface area (Å²) in [6.07, 6.45) is 0.